The van der Waals surface area contributed by atoms with Crippen LogP contribution in [0.2, 0.25) is 0 Å². The van der Waals surface area contributed by atoms with Gasteiger partial charge >= 0.3 is 12.1 Å². The van der Waals surface area contributed by atoms with E-state index in [-0.39, 0.29) is 43.4 Å². The molecule has 8 heteroatoms. The molecule has 3 unspecified atom stereocenters. The van der Waals surface area contributed by atoms with Crippen LogP contribution >= 0.6 is 0 Å². The quantitative estimate of drug-likeness (QED) is 0.551. The molecule has 4 rings (SSSR count). The van der Waals surface area contributed by atoms with E-state index in [2.05, 4.69) is 34.9 Å². The zero-order valence-electron chi connectivity index (χ0n) is 19.2. The minimum atomic E-state index is -0.962. The van der Waals surface area contributed by atoms with Gasteiger partial charge in [0.05, 0.1) is 12.5 Å². The van der Waals surface area contributed by atoms with Gasteiger partial charge in [-0.2, -0.15) is 0 Å². The number of amides is 2. The van der Waals surface area contributed by atoms with Crippen molar-refractivity contribution in [1.82, 2.24) is 10.6 Å². The molecule has 0 aromatic heterocycles. The van der Waals surface area contributed by atoms with E-state index in [9.17, 15) is 14.4 Å². The van der Waals surface area contributed by atoms with Crippen LogP contribution in [0.25, 0.3) is 11.1 Å². The zero-order chi connectivity index (χ0) is 24.1. The van der Waals surface area contributed by atoms with Gasteiger partial charge in [0.15, 0.2) is 0 Å². The van der Waals surface area contributed by atoms with E-state index in [4.69, 9.17) is 14.6 Å². The fourth-order valence-electron chi connectivity index (χ4n) is 4.64. The number of carbonyl (C=O) groups is 3. The monoisotopic (exact) mass is 466 g/mol. The molecular formula is C26H30N2O6. The number of carbonyl (C=O) groups excluding carboxylic acids is 2. The van der Waals surface area contributed by atoms with Crippen molar-refractivity contribution in [2.45, 2.75) is 31.7 Å². The second kappa shape index (κ2) is 10.7. The number of hydrogen-bond donors (Lipinski definition) is 3. The second-order valence-corrected chi connectivity index (χ2v) is 8.95. The summed E-state index contributed by atoms with van der Waals surface area (Å²) in [4.78, 5) is 35.9. The van der Waals surface area contributed by atoms with Crippen molar-refractivity contribution >= 4 is 18.0 Å². The van der Waals surface area contributed by atoms with Crippen molar-refractivity contribution in [2.75, 3.05) is 26.4 Å². The molecule has 34 heavy (non-hydrogen) atoms. The fraction of sp³-hybridized carbons (Fsp3) is 0.423. The first kappa shape index (κ1) is 23.8. The lowest BCUT2D eigenvalue weighted by Gasteiger charge is -2.31. The predicted octanol–water partition coefficient (Wildman–Crippen LogP) is 3.16. The van der Waals surface area contributed by atoms with Crippen molar-refractivity contribution in [3.05, 3.63) is 59.7 Å². The molecule has 0 radical (unpaired) electrons. The molecule has 2 aliphatic rings. The van der Waals surface area contributed by atoms with E-state index in [1.807, 2.05) is 24.3 Å². The van der Waals surface area contributed by atoms with Crippen LogP contribution < -0.4 is 10.6 Å². The van der Waals surface area contributed by atoms with Crippen LogP contribution in [0.3, 0.4) is 0 Å². The maximum absolute atomic E-state index is 12.7. The first-order valence-corrected chi connectivity index (χ1v) is 11.6. The largest absolute Gasteiger partial charge is 0.481 e. The van der Waals surface area contributed by atoms with Gasteiger partial charge in [-0.15, -0.1) is 0 Å². The highest BCUT2D eigenvalue weighted by Crippen LogP contribution is 2.44. The summed E-state index contributed by atoms with van der Waals surface area (Å²) in [6, 6.07) is 16.1. The standard InChI is InChI=1S/C26H30N2O6/c1-16(25(30)31)13-27-24(29)12-17-14-33-11-10-23(17)28-26(32)34-15-22-20-8-4-2-6-18(20)19-7-3-5-9-21(19)22/h2-9,16-17,22-23H,10-15H2,1H3,(H,27,29)(H,28,32)(H,30,31). The maximum Gasteiger partial charge on any atom is 0.407 e. The Morgan fingerprint density at radius 2 is 1.74 bits per heavy atom. The highest BCUT2D eigenvalue weighted by Gasteiger charge is 2.32. The maximum atomic E-state index is 12.7. The molecule has 3 atom stereocenters. The SMILES string of the molecule is CC(CNC(=O)CC1COCCC1NC(=O)OCC1c2ccccc2-c2ccccc21)C(=O)O. The third-order valence-corrected chi connectivity index (χ3v) is 6.60. The lowest BCUT2D eigenvalue weighted by Crippen LogP contribution is -2.47. The average molecular weight is 467 g/mol. The molecule has 1 fully saturated rings. The van der Waals surface area contributed by atoms with E-state index in [1.165, 1.54) is 18.1 Å². The number of carboxylic acids is 1. The Kier molecular flexibility index (Phi) is 7.47. The third-order valence-electron chi connectivity index (χ3n) is 6.60. The molecule has 2 amide bonds. The summed E-state index contributed by atoms with van der Waals surface area (Å²) < 4.78 is 11.2. The topological polar surface area (TPSA) is 114 Å². The van der Waals surface area contributed by atoms with Crippen LogP contribution in [-0.2, 0) is 19.1 Å². The van der Waals surface area contributed by atoms with Gasteiger partial charge in [0.1, 0.15) is 6.61 Å². The highest BCUT2D eigenvalue weighted by molar-refractivity contribution is 5.79. The summed E-state index contributed by atoms with van der Waals surface area (Å²) in [6.07, 6.45) is 0.201. The number of nitrogens with one attached hydrogen (secondary N) is 2. The summed E-state index contributed by atoms with van der Waals surface area (Å²) in [5.41, 5.74) is 4.63. The van der Waals surface area contributed by atoms with Gasteiger partial charge in [-0.3, -0.25) is 9.59 Å². The van der Waals surface area contributed by atoms with Gasteiger partial charge < -0.3 is 25.2 Å². The fourth-order valence-corrected chi connectivity index (χ4v) is 4.64. The van der Waals surface area contributed by atoms with Crippen molar-refractivity contribution < 1.29 is 29.0 Å². The van der Waals surface area contributed by atoms with Crippen LogP contribution in [0.1, 0.15) is 36.8 Å². The highest BCUT2D eigenvalue weighted by atomic mass is 16.5. The van der Waals surface area contributed by atoms with Gasteiger partial charge in [0, 0.05) is 37.5 Å². The normalized spacial score (nSPS) is 20.0. The van der Waals surface area contributed by atoms with Crippen molar-refractivity contribution in [2.24, 2.45) is 11.8 Å². The molecule has 1 aliphatic carbocycles. The number of benzene rings is 2. The average Bonchev–Trinajstić information content (AvgIpc) is 3.16. The number of aliphatic carboxylic acids is 1. The molecule has 0 saturated carbocycles. The van der Waals surface area contributed by atoms with Gasteiger partial charge in [0.2, 0.25) is 5.91 Å². The second-order valence-electron chi connectivity index (χ2n) is 8.95. The van der Waals surface area contributed by atoms with Crippen LogP contribution in [0.4, 0.5) is 4.79 Å². The lowest BCUT2D eigenvalue weighted by molar-refractivity contribution is -0.141. The predicted molar refractivity (Wildman–Crippen MR) is 125 cm³/mol. The minimum Gasteiger partial charge on any atom is -0.481 e. The summed E-state index contributed by atoms with van der Waals surface area (Å²) >= 11 is 0. The Balaban J connectivity index is 1.32. The Morgan fingerprint density at radius 1 is 1.09 bits per heavy atom. The Bertz CT molecular complexity index is 1010. The zero-order valence-corrected chi connectivity index (χ0v) is 19.2. The number of carboxylic acid groups (broad SMARTS) is 1. The Hall–Kier alpha value is -3.39. The molecule has 3 N–H and O–H groups in total. The summed E-state index contributed by atoms with van der Waals surface area (Å²) in [5, 5.41) is 14.5. The molecule has 0 bridgehead atoms. The van der Waals surface area contributed by atoms with E-state index >= 15 is 0 Å². The van der Waals surface area contributed by atoms with Crippen molar-refractivity contribution in [3.63, 3.8) is 0 Å². The molecular weight excluding hydrogens is 436 g/mol. The molecule has 180 valence electrons. The molecule has 1 heterocycles. The summed E-state index contributed by atoms with van der Waals surface area (Å²) in [5.74, 6) is -2.12. The van der Waals surface area contributed by atoms with Gasteiger partial charge in [-0.25, -0.2) is 4.79 Å². The van der Waals surface area contributed by atoms with E-state index in [1.54, 1.807) is 0 Å². The molecule has 2 aromatic carbocycles. The van der Waals surface area contributed by atoms with Crippen molar-refractivity contribution in [3.8, 4) is 11.1 Å². The minimum absolute atomic E-state index is 0.0226. The van der Waals surface area contributed by atoms with Crippen LogP contribution in [0.15, 0.2) is 48.5 Å². The first-order chi connectivity index (χ1) is 16.4. The smallest absolute Gasteiger partial charge is 0.407 e. The number of alkyl carbamates (subject to hydrolysis) is 1. The third kappa shape index (κ3) is 5.39. The van der Waals surface area contributed by atoms with Crippen molar-refractivity contribution in [1.29, 1.82) is 0 Å². The molecule has 0 spiro atoms. The number of fused-ring (bicyclic) bond motifs is 3. The molecule has 1 aliphatic heterocycles. The Morgan fingerprint density at radius 3 is 2.38 bits per heavy atom. The lowest BCUT2D eigenvalue weighted by atomic mass is 9.92. The number of ether oxygens (including phenoxy) is 2. The van der Waals surface area contributed by atoms with Gasteiger partial charge in [0.25, 0.3) is 0 Å². The molecule has 2 aromatic rings. The van der Waals surface area contributed by atoms with E-state index in [0.717, 1.165) is 11.1 Å². The van der Waals surface area contributed by atoms with Gasteiger partial charge in [-0.05, 0) is 28.7 Å². The number of hydrogen-bond acceptors (Lipinski definition) is 5. The van der Waals surface area contributed by atoms with Crippen LogP contribution in [0, 0.1) is 11.8 Å². The Labute approximate surface area is 198 Å². The number of rotatable bonds is 8. The van der Waals surface area contributed by atoms with Gasteiger partial charge in [-0.1, -0.05) is 55.5 Å². The summed E-state index contributed by atoms with van der Waals surface area (Å²) in [6.45, 7) is 2.65. The van der Waals surface area contributed by atoms with E-state index < -0.39 is 18.0 Å². The van der Waals surface area contributed by atoms with Crippen LogP contribution in [-0.4, -0.2) is 55.5 Å². The summed E-state index contributed by atoms with van der Waals surface area (Å²) in [7, 11) is 0. The van der Waals surface area contributed by atoms with Crippen LogP contribution in [0.5, 0.6) is 0 Å². The molecule has 8 nitrogen and oxygen atoms in total. The molecule has 1 saturated heterocycles. The van der Waals surface area contributed by atoms with E-state index in [0.29, 0.717) is 19.6 Å². The first-order valence-electron chi connectivity index (χ1n) is 11.6.